The normalized spacial score (nSPS) is 11.1. The van der Waals surface area contributed by atoms with Crippen LogP contribution in [0, 0.1) is 0 Å². The zero-order chi connectivity index (χ0) is 18.6. The van der Waals surface area contributed by atoms with Crippen LogP contribution in [0.1, 0.15) is 18.9 Å². The van der Waals surface area contributed by atoms with Crippen LogP contribution < -0.4 is 20.3 Å². The van der Waals surface area contributed by atoms with Crippen molar-refractivity contribution in [2.75, 3.05) is 38.7 Å². The lowest BCUT2D eigenvalue weighted by atomic mass is 10.2. The number of guanidine groups is 1. The van der Waals surface area contributed by atoms with Gasteiger partial charge in [-0.3, -0.25) is 4.99 Å². The number of rotatable bonds is 9. The SMILES string of the molecule is CCN(CCCNC(=NC)NCc1ccnc(OC)c1)c1ccccc1. The zero-order valence-electron chi connectivity index (χ0n) is 15.9. The smallest absolute Gasteiger partial charge is 0.213 e. The summed E-state index contributed by atoms with van der Waals surface area (Å²) in [4.78, 5) is 10.8. The lowest BCUT2D eigenvalue weighted by molar-refractivity contribution is 0.397. The number of aliphatic imine (C=N–C) groups is 1. The summed E-state index contributed by atoms with van der Waals surface area (Å²) in [5, 5.41) is 6.68. The Kier molecular flexibility index (Phi) is 8.26. The summed E-state index contributed by atoms with van der Waals surface area (Å²) in [6.45, 7) is 5.73. The first-order valence-electron chi connectivity index (χ1n) is 9.00. The number of aromatic nitrogens is 1. The number of pyridine rings is 1. The van der Waals surface area contributed by atoms with E-state index in [4.69, 9.17) is 4.74 Å². The second-order valence-electron chi connectivity index (χ2n) is 5.83. The van der Waals surface area contributed by atoms with Gasteiger partial charge in [-0.25, -0.2) is 4.98 Å². The van der Waals surface area contributed by atoms with E-state index in [0.717, 1.165) is 37.6 Å². The Morgan fingerprint density at radius 3 is 2.69 bits per heavy atom. The Bertz CT molecular complexity index is 675. The third kappa shape index (κ3) is 6.27. The molecule has 0 bridgehead atoms. The van der Waals surface area contributed by atoms with Crippen molar-refractivity contribution in [1.29, 1.82) is 0 Å². The predicted molar refractivity (Wildman–Crippen MR) is 108 cm³/mol. The summed E-state index contributed by atoms with van der Waals surface area (Å²) < 4.78 is 5.15. The van der Waals surface area contributed by atoms with Crippen molar-refractivity contribution < 1.29 is 4.74 Å². The van der Waals surface area contributed by atoms with E-state index in [1.54, 1.807) is 20.4 Å². The number of para-hydroxylation sites is 1. The largest absolute Gasteiger partial charge is 0.481 e. The van der Waals surface area contributed by atoms with Crippen molar-refractivity contribution in [2.45, 2.75) is 19.9 Å². The Balaban J connectivity index is 1.73. The molecule has 0 amide bonds. The van der Waals surface area contributed by atoms with Crippen LogP contribution in [0.4, 0.5) is 5.69 Å². The summed E-state index contributed by atoms with van der Waals surface area (Å²) in [7, 11) is 3.40. The van der Waals surface area contributed by atoms with Gasteiger partial charge in [0.25, 0.3) is 0 Å². The topological polar surface area (TPSA) is 61.8 Å². The van der Waals surface area contributed by atoms with E-state index in [-0.39, 0.29) is 0 Å². The lowest BCUT2D eigenvalue weighted by Gasteiger charge is -2.23. The average Bonchev–Trinajstić information content (AvgIpc) is 2.71. The molecule has 0 unspecified atom stereocenters. The van der Waals surface area contributed by atoms with Gasteiger partial charge in [0.15, 0.2) is 5.96 Å². The first-order valence-corrected chi connectivity index (χ1v) is 9.00. The molecule has 26 heavy (non-hydrogen) atoms. The molecule has 140 valence electrons. The Morgan fingerprint density at radius 2 is 2.00 bits per heavy atom. The molecule has 0 fully saturated rings. The summed E-state index contributed by atoms with van der Waals surface area (Å²) >= 11 is 0. The number of hydrogen-bond donors (Lipinski definition) is 2. The van der Waals surface area contributed by atoms with Crippen molar-refractivity contribution in [3.63, 3.8) is 0 Å². The minimum atomic E-state index is 0.618. The number of nitrogens with one attached hydrogen (secondary N) is 2. The first-order chi connectivity index (χ1) is 12.8. The number of nitrogens with zero attached hydrogens (tertiary/aromatic N) is 3. The fraction of sp³-hybridized carbons (Fsp3) is 0.400. The standard InChI is InChI=1S/C20H29N5O/c1-4-25(18-9-6-5-7-10-18)14-8-12-23-20(21-2)24-16-17-11-13-22-19(15-17)26-3/h5-7,9-11,13,15H,4,8,12,14,16H2,1-3H3,(H2,21,23,24). The third-order valence-corrected chi connectivity index (χ3v) is 4.09. The molecule has 0 saturated carbocycles. The molecule has 0 aliphatic heterocycles. The van der Waals surface area contributed by atoms with Gasteiger partial charge >= 0.3 is 0 Å². The van der Waals surface area contributed by atoms with Crippen molar-refractivity contribution in [3.05, 3.63) is 54.2 Å². The predicted octanol–water partition coefficient (Wildman–Crippen LogP) is 2.67. The highest BCUT2D eigenvalue weighted by atomic mass is 16.5. The van der Waals surface area contributed by atoms with Crippen LogP contribution in [0.25, 0.3) is 0 Å². The van der Waals surface area contributed by atoms with Gasteiger partial charge in [-0.2, -0.15) is 0 Å². The van der Waals surface area contributed by atoms with Crippen LogP contribution in [0.5, 0.6) is 5.88 Å². The zero-order valence-corrected chi connectivity index (χ0v) is 15.9. The highest BCUT2D eigenvalue weighted by Crippen LogP contribution is 2.12. The molecule has 0 spiro atoms. The van der Waals surface area contributed by atoms with E-state index >= 15 is 0 Å². The summed E-state index contributed by atoms with van der Waals surface area (Å²) in [5.41, 5.74) is 2.37. The second kappa shape index (κ2) is 11.0. The summed E-state index contributed by atoms with van der Waals surface area (Å²) in [6, 6.07) is 14.4. The molecule has 1 heterocycles. The minimum Gasteiger partial charge on any atom is -0.481 e. The van der Waals surface area contributed by atoms with E-state index in [2.05, 4.69) is 56.7 Å². The van der Waals surface area contributed by atoms with Crippen molar-refractivity contribution in [1.82, 2.24) is 15.6 Å². The van der Waals surface area contributed by atoms with Crippen LogP contribution in [-0.2, 0) is 6.54 Å². The number of ether oxygens (including phenoxy) is 1. The monoisotopic (exact) mass is 355 g/mol. The van der Waals surface area contributed by atoms with Crippen LogP contribution in [-0.4, -0.2) is 44.7 Å². The van der Waals surface area contributed by atoms with Crippen molar-refractivity contribution in [3.8, 4) is 5.88 Å². The van der Waals surface area contributed by atoms with E-state index < -0.39 is 0 Å². The fourth-order valence-electron chi connectivity index (χ4n) is 2.66. The molecular formula is C20H29N5O. The van der Waals surface area contributed by atoms with Crippen molar-refractivity contribution in [2.24, 2.45) is 4.99 Å². The Morgan fingerprint density at radius 1 is 1.19 bits per heavy atom. The molecule has 6 heteroatoms. The van der Waals surface area contributed by atoms with E-state index in [1.807, 2.05) is 18.2 Å². The molecule has 2 aromatic rings. The van der Waals surface area contributed by atoms with Crippen LogP contribution in [0.15, 0.2) is 53.7 Å². The fourth-order valence-corrected chi connectivity index (χ4v) is 2.66. The Labute approximate surface area is 156 Å². The van der Waals surface area contributed by atoms with E-state index in [9.17, 15) is 0 Å². The molecular weight excluding hydrogens is 326 g/mol. The van der Waals surface area contributed by atoms with Gasteiger partial charge in [0.1, 0.15) is 0 Å². The molecule has 6 nitrogen and oxygen atoms in total. The number of hydrogen-bond acceptors (Lipinski definition) is 4. The molecule has 0 aliphatic carbocycles. The van der Waals surface area contributed by atoms with Crippen LogP contribution >= 0.6 is 0 Å². The lowest BCUT2D eigenvalue weighted by Crippen LogP contribution is -2.38. The third-order valence-electron chi connectivity index (χ3n) is 4.09. The van der Waals surface area contributed by atoms with Crippen LogP contribution in [0.3, 0.4) is 0 Å². The van der Waals surface area contributed by atoms with Gasteiger partial charge in [0.2, 0.25) is 5.88 Å². The van der Waals surface area contributed by atoms with E-state index in [0.29, 0.717) is 12.4 Å². The van der Waals surface area contributed by atoms with Gasteiger partial charge in [-0.1, -0.05) is 18.2 Å². The maximum atomic E-state index is 5.15. The molecule has 0 atom stereocenters. The molecule has 2 N–H and O–H groups in total. The average molecular weight is 355 g/mol. The molecule has 1 aromatic heterocycles. The number of methoxy groups -OCH3 is 1. The van der Waals surface area contributed by atoms with Gasteiger partial charge < -0.3 is 20.3 Å². The van der Waals surface area contributed by atoms with Gasteiger partial charge in [0.05, 0.1) is 7.11 Å². The molecule has 2 rings (SSSR count). The maximum absolute atomic E-state index is 5.15. The minimum absolute atomic E-state index is 0.618. The summed E-state index contributed by atoms with van der Waals surface area (Å²) in [5.74, 6) is 1.41. The quantitative estimate of drug-likeness (QED) is 0.411. The first kappa shape index (κ1) is 19.6. The molecule has 0 saturated heterocycles. The van der Waals surface area contributed by atoms with Crippen LogP contribution in [0.2, 0.25) is 0 Å². The summed E-state index contributed by atoms with van der Waals surface area (Å²) in [6.07, 6.45) is 2.78. The highest BCUT2D eigenvalue weighted by Gasteiger charge is 2.04. The van der Waals surface area contributed by atoms with E-state index in [1.165, 1.54) is 5.69 Å². The molecule has 1 aromatic carbocycles. The molecule has 0 radical (unpaired) electrons. The van der Waals surface area contributed by atoms with Gasteiger partial charge in [0, 0.05) is 51.2 Å². The van der Waals surface area contributed by atoms with Gasteiger partial charge in [-0.15, -0.1) is 0 Å². The van der Waals surface area contributed by atoms with Gasteiger partial charge in [-0.05, 0) is 37.1 Å². The van der Waals surface area contributed by atoms with Crippen molar-refractivity contribution >= 4 is 11.6 Å². The number of benzene rings is 1. The Hall–Kier alpha value is -2.76. The molecule has 0 aliphatic rings. The number of anilines is 1. The second-order valence-corrected chi connectivity index (χ2v) is 5.83. The maximum Gasteiger partial charge on any atom is 0.213 e. The highest BCUT2D eigenvalue weighted by molar-refractivity contribution is 5.79.